The number of phosphoric ester groups is 1. The van der Waals surface area contributed by atoms with Gasteiger partial charge in [-0.2, -0.15) is 0 Å². The molecule has 0 aliphatic carbocycles. The summed E-state index contributed by atoms with van der Waals surface area (Å²) in [6.07, 6.45) is -3.99. The predicted octanol–water partition coefficient (Wildman–Crippen LogP) is -17.0. The molecule has 0 bridgehead atoms. The molecule has 1 fully saturated rings. The Kier molecular flexibility index (Phi) is 20.2. The van der Waals surface area contributed by atoms with E-state index in [1.165, 1.54) is 4.57 Å². The Morgan fingerprint density at radius 1 is 0.972 bits per heavy atom. The van der Waals surface area contributed by atoms with E-state index in [4.69, 9.17) is 10.5 Å². The third kappa shape index (κ3) is 11.5. The maximum atomic E-state index is 11.6. The second-order valence-corrected chi connectivity index (χ2v) is 10.2. The first-order valence-corrected chi connectivity index (χ1v) is 12.2. The molecule has 0 saturated carbocycles. The number of aromatic nitrogens is 4. The fraction of sp³-hybridized carbons (Fsp3) is 0.500. The van der Waals surface area contributed by atoms with Crippen molar-refractivity contribution in [3.05, 3.63) is 12.7 Å². The summed E-state index contributed by atoms with van der Waals surface area (Å²) < 4.78 is 50.2. The number of anilines is 1. The number of nitrogen functional groups attached to an aromatic ring is 1. The van der Waals surface area contributed by atoms with Crippen molar-refractivity contribution in [3.8, 4) is 0 Å². The van der Waals surface area contributed by atoms with E-state index >= 15 is 0 Å². The van der Waals surface area contributed by atoms with Crippen molar-refractivity contribution >= 4 is 40.4 Å². The maximum absolute atomic E-state index is 11.6. The molecular formula is C10H14N5Na4O14P3. The van der Waals surface area contributed by atoms with E-state index in [0.717, 1.165) is 12.7 Å². The summed E-state index contributed by atoms with van der Waals surface area (Å²) in [5.74, 6) is 0.0195. The van der Waals surface area contributed by atoms with Crippen molar-refractivity contribution in [3.63, 3.8) is 0 Å². The number of rotatable bonds is 8. The van der Waals surface area contributed by atoms with Gasteiger partial charge in [-0.05, 0) is 0 Å². The third-order valence-corrected chi connectivity index (χ3v) is 7.46. The molecule has 6 atom stereocenters. The first kappa shape index (κ1) is 43.1. The van der Waals surface area contributed by atoms with Gasteiger partial charge in [-0.15, -0.1) is 0 Å². The molecule has 1 aliphatic heterocycles. The van der Waals surface area contributed by atoms with Crippen molar-refractivity contribution in [2.24, 2.45) is 0 Å². The summed E-state index contributed by atoms with van der Waals surface area (Å²) in [6.45, 7) is -1.08. The van der Waals surface area contributed by atoms with Crippen LogP contribution in [0, 0.1) is 0 Å². The minimum absolute atomic E-state index is 0. The molecule has 3 heterocycles. The predicted molar refractivity (Wildman–Crippen MR) is 90.2 cm³/mol. The summed E-state index contributed by atoms with van der Waals surface area (Å²) in [6, 6.07) is 0. The number of nitrogens with zero attached hydrogens (tertiary/aromatic N) is 4. The van der Waals surface area contributed by atoms with Gasteiger partial charge in [0.2, 0.25) is 0 Å². The van der Waals surface area contributed by atoms with Crippen LogP contribution in [0.4, 0.5) is 5.82 Å². The molecule has 0 aromatic carbocycles. The molecule has 182 valence electrons. The molecule has 2 aromatic heterocycles. The Morgan fingerprint density at radius 3 is 2.11 bits per heavy atom. The number of aliphatic hydroxyl groups excluding tert-OH is 2. The van der Waals surface area contributed by atoms with E-state index in [1.807, 2.05) is 0 Å². The molecule has 36 heavy (non-hydrogen) atoms. The number of ether oxygens (including phenoxy) is 1. The zero-order valence-corrected chi connectivity index (χ0v) is 29.9. The van der Waals surface area contributed by atoms with Gasteiger partial charge in [0, 0.05) is 0 Å². The van der Waals surface area contributed by atoms with E-state index in [1.54, 1.807) is 0 Å². The molecule has 3 rings (SSSR count). The quantitative estimate of drug-likeness (QED) is 0.184. The van der Waals surface area contributed by atoms with Gasteiger partial charge in [0.15, 0.2) is 17.7 Å². The van der Waals surface area contributed by atoms with Gasteiger partial charge < -0.3 is 54.8 Å². The molecular weight excluding hydrogens is 599 g/mol. The number of fused-ring (bicyclic) bond motifs is 1. The maximum Gasteiger partial charge on any atom is 1.00 e. The number of imidazole rings is 1. The van der Waals surface area contributed by atoms with Crippen LogP contribution in [0.5, 0.6) is 0 Å². The van der Waals surface area contributed by atoms with Gasteiger partial charge in [0.05, 0.1) is 20.8 Å². The summed E-state index contributed by atoms with van der Waals surface area (Å²) in [7, 11) is -18.1. The second-order valence-electron chi connectivity index (χ2n) is 5.93. The SMILES string of the molecule is Nc1ncnc2c1ncn2[C@@H]1O[C@H](COP(=O)([O-])OP(=O)([O-])OP(=O)([O-])[O-])[C@@H](O)[C@H]1O.O.[Na+].[Na+].[Na+].[Na+]. The van der Waals surface area contributed by atoms with E-state index in [-0.39, 0.29) is 141 Å². The molecule has 2 aromatic rings. The van der Waals surface area contributed by atoms with E-state index in [0.29, 0.717) is 0 Å². The number of phosphoric acid groups is 3. The summed E-state index contributed by atoms with van der Waals surface area (Å²) in [5.41, 5.74) is 5.92. The zero-order valence-electron chi connectivity index (χ0n) is 19.3. The van der Waals surface area contributed by atoms with Crippen LogP contribution in [0.3, 0.4) is 0 Å². The topological polar surface area (TPSA) is 322 Å². The van der Waals surface area contributed by atoms with Crippen LogP contribution < -0.4 is 144 Å². The van der Waals surface area contributed by atoms with Crippen molar-refractivity contribution in [2.75, 3.05) is 12.3 Å². The smallest absolute Gasteiger partial charge is 0.790 e. The second kappa shape index (κ2) is 16.9. The molecule has 1 saturated heterocycles. The Bertz CT molecular complexity index is 1120. The number of hydrogen-bond donors (Lipinski definition) is 3. The Morgan fingerprint density at radius 2 is 1.56 bits per heavy atom. The van der Waals surface area contributed by atoms with Crippen LogP contribution in [0.25, 0.3) is 11.2 Å². The molecule has 2 unspecified atom stereocenters. The monoisotopic (exact) mass is 613 g/mol. The fourth-order valence-electron chi connectivity index (χ4n) is 2.60. The number of nitrogens with two attached hydrogens (primary N) is 1. The molecule has 0 radical (unpaired) electrons. The van der Waals surface area contributed by atoms with Gasteiger partial charge in [-0.1, -0.05) is 0 Å². The van der Waals surface area contributed by atoms with Gasteiger partial charge in [0.1, 0.15) is 30.2 Å². The molecule has 1 aliphatic rings. The van der Waals surface area contributed by atoms with E-state index in [9.17, 15) is 43.5 Å². The fourth-order valence-corrected chi connectivity index (χ4v) is 5.47. The van der Waals surface area contributed by atoms with Crippen LogP contribution in [-0.4, -0.2) is 60.1 Å². The van der Waals surface area contributed by atoms with Gasteiger partial charge in [0.25, 0.3) is 15.6 Å². The van der Waals surface area contributed by atoms with Crippen molar-refractivity contribution < 1.29 is 185 Å². The van der Waals surface area contributed by atoms with Crippen LogP contribution in [-0.2, 0) is 31.6 Å². The third-order valence-electron chi connectivity index (χ3n) is 3.80. The van der Waals surface area contributed by atoms with Crippen molar-refractivity contribution in [1.82, 2.24) is 19.5 Å². The molecule has 19 nitrogen and oxygen atoms in total. The average Bonchev–Trinajstić information content (AvgIpc) is 3.13. The molecule has 0 amide bonds. The van der Waals surface area contributed by atoms with Crippen LogP contribution in [0.15, 0.2) is 12.7 Å². The molecule has 26 heteroatoms. The number of aliphatic hydroxyl groups is 2. The Labute approximate surface area is 290 Å². The van der Waals surface area contributed by atoms with Crippen molar-refractivity contribution in [1.29, 1.82) is 0 Å². The summed E-state index contributed by atoms with van der Waals surface area (Å²) >= 11 is 0. The molecule has 0 spiro atoms. The van der Waals surface area contributed by atoms with Crippen LogP contribution in [0.2, 0.25) is 0 Å². The van der Waals surface area contributed by atoms with E-state index in [2.05, 4.69) is 28.1 Å². The standard InChI is InChI=1S/C10H16N5O13P3.4Na.H2O/c11-8-5-9(13-2-12-8)15(3-14-5)10-7(17)6(16)4(26-10)1-25-30(21,22)28-31(23,24)27-29(18,19)20;;;;;/h2-4,6-7,10,16-17H,1H2,(H,21,22)(H,23,24)(H2,11,12,13)(H2,18,19,20);;;;;1H2/q;4*+1;/p-4/t4-,6-,7-,10-;;;;;/m1...../s1. The minimum atomic E-state index is -6.14. The minimum Gasteiger partial charge on any atom is -0.790 e. The Balaban J connectivity index is -0.00000218. The molecule has 6 N–H and O–H groups in total. The van der Waals surface area contributed by atoms with Gasteiger partial charge in [-0.3, -0.25) is 18.0 Å². The normalized spacial score (nSPS) is 24.5. The first-order chi connectivity index (χ1) is 14.2. The van der Waals surface area contributed by atoms with Gasteiger partial charge in [-0.25, -0.2) is 19.3 Å². The zero-order chi connectivity index (χ0) is 23.2. The number of hydrogen-bond acceptors (Lipinski definition) is 17. The largest absolute Gasteiger partial charge is 1.00 e. The Hall–Kier alpha value is 2.60. The van der Waals surface area contributed by atoms with Crippen LogP contribution in [0.1, 0.15) is 6.23 Å². The van der Waals surface area contributed by atoms with Gasteiger partial charge >= 0.3 is 118 Å². The average molecular weight is 613 g/mol. The van der Waals surface area contributed by atoms with Crippen LogP contribution >= 0.6 is 23.5 Å². The first-order valence-electron chi connectivity index (χ1n) is 7.85. The van der Waals surface area contributed by atoms with Crippen molar-refractivity contribution in [2.45, 2.75) is 24.5 Å². The summed E-state index contributed by atoms with van der Waals surface area (Å²) in [4.78, 5) is 54.9. The summed E-state index contributed by atoms with van der Waals surface area (Å²) in [5, 5.41) is 20.3. The van der Waals surface area contributed by atoms with E-state index < -0.39 is 54.6 Å².